The lowest BCUT2D eigenvalue weighted by Gasteiger charge is -2.14. The Hall–Kier alpha value is -0.610. The molecular weight excluding hydrogens is 222 g/mol. The molecule has 1 rings (SSSR count). The van der Waals surface area contributed by atoms with Gasteiger partial charge in [0.05, 0.1) is 6.04 Å². The second-order valence-corrected chi connectivity index (χ2v) is 5.90. The van der Waals surface area contributed by atoms with E-state index in [2.05, 4.69) is 19.2 Å². The van der Waals surface area contributed by atoms with Crippen LogP contribution >= 0.6 is 0 Å². The van der Waals surface area contributed by atoms with E-state index in [1.807, 2.05) is 19.1 Å². The van der Waals surface area contributed by atoms with Crippen LogP contribution in [0.4, 0.5) is 0 Å². The fourth-order valence-corrected chi connectivity index (χ4v) is 1.71. The Bertz CT molecular complexity index is 349. The van der Waals surface area contributed by atoms with Crippen LogP contribution in [0.1, 0.15) is 38.3 Å². The highest BCUT2D eigenvalue weighted by atomic mass is 32.2. The zero-order valence-corrected chi connectivity index (χ0v) is 11.3. The van der Waals surface area contributed by atoms with Crippen molar-refractivity contribution in [3.05, 3.63) is 23.7 Å². The smallest absolute Gasteiger partial charge is 0.120 e. The second-order valence-electron chi connectivity index (χ2n) is 4.10. The number of hydrogen-bond donors (Lipinski definition) is 1. The molecule has 1 N–H and O–H groups in total. The summed E-state index contributed by atoms with van der Waals surface area (Å²) < 4.78 is 16.8. The van der Waals surface area contributed by atoms with E-state index >= 15 is 0 Å². The third-order valence-corrected chi connectivity index (χ3v) is 4.04. The highest BCUT2D eigenvalue weighted by molar-refractivity contribution is 7.84. The van der Waals surface area contributed by atoms with Gasteiger partial charge in [-0.3, -0.25) is 4.21 Å². The number of hydrogen-bond acceptors (Lipinski definition) is 3. The minimum atomic E-state index is -0.773. The van der Waals surface area contributed by atoms with E-state index < -0.39 is 10.8 Å². The van der Waals surface area contributed by atoms with Crippen molar-refractivity contribution in [3.8, 4) is 0 Å². The van der Waals surface area contributed by atoms with E-state index in [9.17, 15) is 4.21 Å². The molecule has 92 valence electrons. The Balaban J connectivity index is 2.46. The van der Waals surface area contributed by atoms with Crippen molar-refractivity contribution in [2.75, 3.05) is 12.8 Å². The maximum Gasteiger partial charge on any atom is 0.120 e. The molecular formula is C12H21NO2S. The van der Waals surface area contributed by atoms with Crippen LogP contribution in [0.5, 0.6) is 0 Å². The first-order chi connectivity index (χ1) is 7.54. The number of furan rings is 1. The molecule has 1 aromatic rings. The Labute approximate surface area is 100 Å². The van der Waals surface area contributed by atoms with Crippen LogP contribution < -0.4 is 5.32 Å². The van der Waals surface area contributed by atoms with Crippen LogP contribution in [0.25, 0.3) is 0 Å². The largest absolute Gasteiger partial charge is 0.464 e. The van der Waals surface area contributed by atoms with Crippen molar-refractivity contribution in [3.63, 3.8) is 0 Å². The molecule has 3 unspecified atom stereocenters. The van der Waals surface area contributed by atoms with Gasteiger partial charge < -0.3 is 9.73 Å². The number of rotatable bonds is 6. The molecule has 4 heteroatoms. The zero-order valence-electron chi connectivity index (χ0n) is 10.4. The highest BCUT2D eigenvalue weighted by Crippen LogP contribution is 2.16. The zero-order chi connectivity index (χ0) is 12.1. The monoisotopic (exact) mass is 243 g/mol. The summed E-state index contributed by atoms with van der Waals surface area (Å²) in [6.45, 7) is 6.86. The molecule has 1 aromatic heterocycles. The predicted octanol–water partition coefficient (Wildman–Crippen LogP) is 2.26. The van der Waals surface area contributed by atoms with Gasteiger partial charge in [0.25, 0.3) is 0 Å². The van der Waals surface area contributed by atoms with Gasteiger partial charge in [-0.2, -0.15) is 0 Å². The number of nitrogens with one attached hydrogen (secondary N) is 1. The van der Waals surface area contributed by atoms with Crippen molar-refractivity contribution < 1.29 is 8.63 Å². The Morgan fingerprint density at radius 3 is 2.62 bits per heavy atom. The fraction of sp³-hybridized carbons (Fsp3) is 0.667. The van der Waals surface area contributed by atoms with E-state index in [0.717, 1.165) is 24.5 Å². The van der Waals surface area contributed by atoms with Crippen molar-refractivity contribution in [2.45, 2.75) is 38.5 Å². The van der Waals surface area contributed by atoms with E-state index in [1.54, 1.807) is 6.26 Å². The molecule has 0 fully saturated rings. The molecule has 1 heterocycles. The molecule has 0 spiro atoms. The summed E-state index contributed by atoms with van der Waals surface area (Å²) in [4.78, 5) is 0. The topological polar surface area (TPSA) is 42.2 Å². The number of aryl methyl sites for hydroxylation is 1. The minimum absolute atomic E-state index is 0.169. The first-order valence-electron chi connectivity index (χ1n) is 5.68. The molecule has 0 bridgehead atoms. The van der Waals surface area contributed by atoms with Crippen molar-refractivity contribution in [2.24, 2.45) is 0 Å². The van der Waals surface area contributed by atoms with Gasteiger partial charge in [0.2, 0.25) is 0 Å². The van der Waals surface area contributed by atoms with Crippen LogP contribution in [-0.4, -0.2) is 22.3 Å². The van der Waals surface area contributed by atoms with Crippen molar-refractivity contribution in [1.82, 2.24) is 5.32 Å². The summed E-state index contributed by atoms with van der Waals surface area (Å²) in [5.41, 5.74) is 0. The van der Waals surface area contributed by atoms with Gasteiger partial charge in [-0.1, -0.05) is 6.92 Å². The molecule has 3 atom stereocenters. The predicted molar refractivity (Wildman–Crippen MR) is 68.0 cm³/mol. The summed E-state index contributed by atoms with van der Waals surface area (Å²) in [6.07, 6.45) is 2.65. The Morgan fingerprint density at radius 2 is 2.12 bits per heavy atom. The molecule has 0 aliphatic rings. The third-order valence-electron chi connectivity index (χ3n) is 2.74. The van der Waals surface area contributed by atoms with Crippen LogP contribution in [-0.2, 0) is 17.2 Å². The lowest BCUT2D eigenvalue weighted by Crippen LogP contribution is -2.29. The molecule has 0 aromatic carbocycles. The van der Waals surface area contributed by atoms with E-state index in [4.69, 9.17) is 4.42 Å². The molecule has 0 aliphatic heterocycles. The lowest BCUT2D eigenvalue weighted by molar-refractivity contribution is 0.410. The van der Waals surface area contributed by atoms with Gasteiger partial charge in [0, 0.05) is 35.3 Å². The summed E-state index contributed by atoms with van der Waals surface area (Å²) in [5.74, 6) is 1.96. The van der Waals surface area contributed by atoms with Gasteiger partial charge in [0.1, 0.15) is 11.5 Å². The average molecular weight is 243 g/mol. The van der Waals surface area contributed by atoms with Crippen LogP contribution in [0.3, 0.4) is 0 Å². The highest BCUT2D eigenvalue weighted by Gasteiger charge is 2.12. The average Bonchev–Trinajstić information content (AvgIpc) is 2.73. The maximum absolute atomic E-state index is 11.2. The first kappa shape index (κ1) is 13.5. The lowest BCUT2D eigenvalue weighted by atomic mass is 10.2. The van der Waals surface area contributed by atoms with E-state index in [-0.39, 0.29) is 11.3 Å². The third kappa shape index (κ3) is 3.76. The quantitative estimate of drug-likeness (QED) is 0.833. The standard InChI is InChI=1S/C12H21NO2S/c1-5-11-6-7-12(15-11)10(3)13-8-9(2)16(4)14/h6-7,9-10,13H,5,8H2,1-4H3. The fourth-order valence-electron chi connectivity index (χ4n) is 1.38. The van der Waals surface area contributed by atoms with Gasteiger partial charge in [-0.05, 0) is 26.0 Å². The normalized spacial score (nSPS) is 17.0. The first-order valence-corrected chi connectivity index (χ1v) is 7.31. The minimum Gasteiger partial charge on any atom is -0.464 e. The van der Waals surface area contributed by atoms with Gasteiger partial charge in [0.15, 0.2) is 0 Å². The molecule has 0 saturated carbocycles. The molecule has 3 nitrogen and oxygen atoms in total. The van der Waals surface area contributed by atoms with E-state index in [1.165, 1.54) is 0 Å². The Kier molecular flexibility index (Phi) is 5.22. The van der Waals surface area contributed by atoms with Crippen LogP contribution in [0.2, 0.25) is 0 Å². The molecule has 0 saturated heterocycles. The second kappa shape index (κ2) is 6.21. The van der Waals surface area contributed by atoms with Crippen molar-refractivity contribution >= 4 is 10.8 Å². The summed E-state index contributed by atoms with van der Waals surface area (Å²) in [7, 11) is -0.773. The SMILES string of the molecule is CCc1ccc(C(C)NCC(C)S(C)=O)o1. The Morgan fingerprint density at radius 1 is 1.44 bits per heavy atom. The summed E-state index contributed by atoms with van der Waals surface area (Å²) in [5, 5.41) is 3.50. The van der Waals surface area contributed by atoms with Gasteiger partial charge in [-0.25, -0.2) is 0 Å². The molecule has 0 aliphatic carbocycles. The molecule has 0 radical (unpaired) electrons. The van der Waals surface area contributed by atoms with Crippen LogP contribution in [0, 0.1) is 0 Å². The molecule has 16 heavy (non-hydrogen) atoms. The summed E-state index contributed by atoms with van der Waals surface area (Å²) >= 11 is 0. The van der Waals surface area contributed by atoms with Crippen molar-refractivity contribution in [1.29, 1.82) is 0 Å². The van der Waals surface area contributed by atoms with Gasteiger partial charge in [-0.15, -0.1) is 0 Å². The van der Waals surface area contributed by atoms with Gasteiger partial charge >= 0.3 is 0 Å². The summed E-state index contributed by atoms with van der Waals surface area (Å²) in [6, 6.07) is 4.19. The van der Waals surface area contributed by atoms with E-state index in [0.29, 0.717) is 0 Å². The van der Waals surface area contributed by atoms with Crippen LogP contribution in [0.15, 0.2) is 16.5 Å². The maximum atomic E-state index is 11.2. The molecule has 0 amide bonds.